The summed E-state index contributed by atoms with van der Waals surface area (Å²) >= 11 is 5.78. The van der Waals surface area contributed by atoms with E-state index in [1.807, 2.05) is 20.8 Å². The lowest BCUT2D eigenvalue weighted by atomic mass is 9.95. The van der Waals surface area contributed by atoms with Crippen molar-refractivity contribution >= 4 is 37.2 Å². The molecule has 0 fully saturated rings. The van der Waals surface area contributed by atoms with Crippen molar-refractivity contribution in [2.45, 2.75) is 44.0 Å². The number of rotatable bonds is 5. The Labute approximate surface area is 128 Å². The summed E-state index contributed by atoms with van der Waals surface area (Å²) in [4.78, 5) is 11.9. The summed E-state index contributed by atoms with van der Waals surface area (Å²) in [7, 11) is 1.30. The number of carbonyl (C=O) groups excluding carboxylic acids is 1. The van der Waals surface area contributed by atoms with Gasteiger partial charge in [-0.05, 0) is 38.0 Å². The minimum absolute atomic E-state index is 0.00899. The lowest BCUT2D eigenvalue weighted by Crippen LogP contribution is -2.44. The highest BCUT2D eigenvalue weighted by atomic mass is 35.7. The Morgan fingerprint density at radius 3 is 2.30 bits per heavy atom. The Bertz CT molecular complexity index is 610. The fraction of sp³-hybridized carbons (Fsp3) is 0.462. The van der Waals surface area contributed by atoms with Crippen LogP contribution in [0.1, 0.15) is 44.0 Å². The number of carbonyl (C=O) groups is 1. The lowest BCUT2D eigenvalue weighted by molar-refractivity contribution is 0.0901. The molecule has 4 nitrogen and oxygen atoms in total. The largest absolute Gasteiger partial charge is 0.347 e. The van der Waals surface area contributed by atoms with Crippen molar-refractivity contribution in [3.05, 3.63) is 28.8 Å². The molecule has 112 valence electrons. The highest BCUT2D eigenvalue weighted by Crippen LogP contribution is 2.26. The molecule has 7 heteroatoms. The van der Waals surface area contributed by atoms with Crippen molar-refractivity contribution in [2.75, 3.05) is 0 Å². The maximum atomic E-state index is 12.2. The van der Waals surface area contributed by atoms with E-state index in [0.717, 1.165) is 12.8 Å². The fourth-order valence-corrected chi connectivity index (χ4v) is 3.10. The summed E-state index contributed by atoms with van der Waals surface area (Å²) < 4.78 is 22.8. The molecule has 0 heterocycles. The Kier molecular flexibility index (Phi) is 5.46. The van der Waals surface area contributed by atoms with E-state index in [-0.39, 0.29) is 26.9 Å². The standard InChI is InChI=1S/C13H17Cl2NO3S/c1-4-13(3,5-2)16-12(17)9-6-7-10(14)11(8-9)20(15,18)19/h6-8H,4-5H2,1-3H3,(H,16,17). The molecule has 1 amide bonds. The smallest absolute Gasteiger partial charge is 0.262 e. The molecule has 0 aliphatic heterocycles. The van der Waals surface area contributed by atoms with Gasteiger partial charge in [0.25, 0.3) is 15.0 Å². The van der Waals surface area contributed by atoms with Gasteiger partial charge in [0.05, 0.1) is 5.02 Å². The Morgan fingerprint density at radius 2 is 1.85 bits per heavy atom. The topological polar surface area (TPSA) is 63.2 Å². The zero-order valence-corrected chi connectivity index (χ0v) is 13.9. The molecule has 1 aromatic carbocycles. The van der Waals surface area contributed by atoms with Gasteiger partial charge >= 0.3 is 0 Å². The van der Waals surface area contributed by atoms with Gasteiger partial charge in [-0.2, -0.15) is 0 Å². The van der Waals surface area contributed by atoms with Crippen LogP contribution in [0.5, 0.6) is 0 Å². The van der Waals surface area contributed by atoms with Crippen molar-refractivity contribution < 1.29 is 13.2 Å². The predicted molar refractivity (Wildman–Crippen MR) is 80.9 cm³/mol. The van der Waals surface area contributed by atoms with Crippen molar-refractivity contribution in [3.8, 4) is 0 Å². The van der Waals surface area contributed by atoms with Gasteiger partial charge in [-0.1, -0.05) is 25.4 Å². The van der Waals surface area contributed by atoms with Crippen LogP contribution < -0.4 is 5.32 Å². The van der Waals surface area contributed by atoms with Crippen LogP contribution in [-0.2, 0) is 9.05 Å². The van der Waals surface area contributed by atoms with Crippen LogP contribution in [0, 0.1) is 0 Å². The molecule has 0 aliphatic carbocycles. The summed E-state index contributed by atoms with van der Waals surface area (Å²) in [5, 5.41) is 2.88. The third kappa shape index (κ3) is 4.11. The average Bonchev–Trinajstić information content (AvgIpc) is 2.37. The van der Waals surface area contributed by atoms with E-state index in [2.05, 4.69) is 5.32 Å². The SMILES string of the molecule is CCC(C)(CC)NC(=O)c1ccc(Cl)c(S(=O)(=O)Cl)c1. The number of hydrogen-bond acceptors (Lipinski definition) is 3. The van der Waals surface area contributed by atoms with Crippen molar-refractivity contribution in [1.29, 1.82) is 0 Å². The molecule has 0 aliphatic rings. The van der Waals surface area contributed by atoms with E-state index in [4.69, 9.17) is 22.3 Å². The predicted octanol–water partition coefficient (Wildman–Crippen LogP) is 3.58. The molecule has 20 heavy (non-hydrogen) atoms. The van der Waals surface area contributed by atoms with Crippen LogP contribution in [0.15, 0.2) is 23.1 Å². The fourth-order valence-electron chi connectivity index (χ4n) is 1.60. The molecule has 0 atom stereocenters. The number of halogens is 2. The molecule has 1 rings (SSSR count). The van der Waals surface area contributed by atoms with Gasteiger partial charge < -0.3 is 5.32 Å². The highest BCUT2D eigenvalue weighted by Gasteiger charge is 2.24. The molecule has 0 spiro atoms. The summed E-state index contributed by atoms with van der Waals surface area (Å²) in [5.41, 5.74) is -0.127. The Hall–Kier alpha value is -0.780. The van der Waals surface area contributed by atoms with Gasteiger partial charge in [-0.3, -0.25) is 4.79 Å². The molecule has 0 radical (unpaired) electrons. The molecular formula is C13H17Cl2NO3S. The second-order valence-corrected chi connectivity index (χ2v) is 7.75. The van der Waals surface area contributed by atoms with Crippen molar-refractivity contribution in [1.82, 2.24) is 5.32 Å². The molecule has 1 aromatic rings. The minimum Gasteiger partial charge on any atom is -0.347 e. The molecule has 1 N–H and O–H groups in total. The van der Waals surface area contributed by atoms with E-state index in [1.54, 1.807) is 0 Å². The maximum Gasteiger partial charge on any atom is 0.262 e. The Morgan fingerprint density at radius 1 is 1.30 bits per heavy atom. The van der Waals surface area contributed by atoms with Gasteiger partial charge in [-0.25, -0.2) is 8.42 Å². The molecule has 0 unspecified atom stereocenters. The lowest BCUT2D eigenvalue weighted by Gasteiger charge is -2.28. The first-order valence-corrected chi connectivity index (χ1v) is 8.88. The summed E-state index contributed by atoms with van der Waals surface area (Å²) in [6.45, 7) is 5.88. The quantitative estimate of drug-likeness (QED) is 0.835. The van der Waals surface area contributed by atoms with Crippen LogP contribution in [0.4, 0.5) is 0 Å². The van der Waals surface area contributed by atoms with E-state index in [1.165, 1.54) is 18.2 Å². The Balaban J connectivity index is 3.13. The third-order valence-electron chi connectivity index (χ3n) is 3.43. The van der Waals surface area contributed by atoms with Crippen molar-refractivity contribution in [3.63, 3.8) is 0 Å². The normalized spacial score (nSPS) is 12.2. The van der Waals surface area contributed by atoms with E-state index < -0.39 is 9.05 Å². The first kappa shape index (κ1) is 17.3. The first-order valence-electron chi connectivity index (χ1n) is 6.19. The van der Waals surface area contributed by atoms with Gasteiger partial charge in [0.1, 0.15) is 4.90 Å². The molecular weight excluding hydrogens is 321 g/mol. The van der Waals surface area contributed by atoms with Gasteiger partial charge in [0, 0.05) is 21.8 Å². The van der Waals surface area contributed by atoms with Crippen molar-refractivity contribution in [2.24, 2.45) is 0 Å². The zero-order chi connectivity index (χ0) is 15.6. The van der Waals surface area contributed by atoms with E-state index >= 15 is 0 Å². The first-order chi connectivity index (χ1) is 9.13. The zero-order valence-electron chi connectivity index (χ0n) is 11.5. The number of benzene rings is 1. The molecule has 0 saturated carbocycles. The number of amides is 1. The van der Waals surface area contributed by atoms with E-state index in [0.29, 0.717) is 0 Å². The molecule has 0 aromatic heterocycles. The van der Waals surface area contributed by atoms with Crippen LogP contribution in [0.3, 0.4) is 0 Å². The van der Waals surface area contributed by atoms with Gasteiger partial charge in [0.15, 0.2) is 0 Å². The maximum absolute atomic E-state index is 12.2. The highest BCUT2D eigenvalue weighted by molar-refractivity contribution is 8.13. The summed E-state index contributed by atoms with van der Waals surface area (Å²) in [5.74, 6) is -0.352. The summed E-state index contributed by atoms with van der Waals surface area (Å²) in [6, 6.07) is 4.00. The molecule has 0 bridgehead atoms. The summed E-state index contributed by atoms with van der Waals surface area (Å²) in [6.07, 6.45) is 1.53. The number of nitrogens with one attached hydrogen (secondary N) is 1. The second kappa shape index (κ2) is 6.33. The monoisotopic (exact) mass is 337 g/mol. The van der Waals surface area contributed by atoms with Crippen LogP contribution >= 0.6 is 22.3 Å². The van der Waals surface area contributed by atoms with E-state index in [9.17, 15) is 13.2 Å². The van der Waals surface area contributed by atoms with Crippen LogP contribution in [0.25, 0.3) is 0 Å². The van der Waals surface area contributed by atoms with Gasteiger partial charge in [-0.15, -0.1) is 0 Å². The minimum atomic E-state index is -3.98. The third-order valence-corrected chi connectivity index (χ3v) is 5.24. The van der Waals surface area contributed by atoms with Crippen LogP contribution in [-0.4, -0.2) is 19.9 Å². The van der Waals surface area contributed by atoms with Crippen LogP contribution in [0.2, 0.25) is 5.02 Å². The second-order valence-electron chi connectivity index (χ2n) is 4.80. The number of hydrogen-bond donors (Lipinski definition) is 1. The van der Waals surface area contributed by atoms with Gasteiger partial charge in [0.2, 0.25) is 0 Å². The molecule has 0 saturated heterocycles. The average molecular weight is 338 g/mol.